The Bertz CT molecular complexity index is 998. The Balaban J connectivity index is 1.78. The molecule has 1 aliphatic heterocycles. The number of esters is 1. The molecule has 150 valence electrons. The zero-order valence-electron chi connectivity index (χ0n) is 15.0. The van der Waals surface area contributed by atoms with Crippen molar-refractivity contribution in [2.24, 2.45) is 0 Å². The van der Waals surface area contributed by atoms with Gasteiger partial charge >= 0.3 is 5.97 Å². The van der Waals surface area contributed by atoms with Gasteiger partial charge in [0, 0.05) is 4.88 Å². The highest BCUT2D eigenvalue weighted by Gasteiger charge is 2.32. The first-order valence-electron chi connectivity index (χ1n) is 8.49. The number of benzene rings is 1. The van der Waals surface area contributed by atoms with E-state index in [4.69, 9.17) is 9.47 Å². The van der Waals surface area contributed by atoms with Gasteiger partial charge in [-0.1, -0.05) is 0 Å². The molecule has 0 fully saturated rings. The molecule has 7 nitrogen and oxygen atoms in total. The predicted molar refractivity (Wildman–Crippen MR) is 102 cm³/mol. The standard InChI is InChI=1S/C18H18FNO6S2/c1-2-25-18(22)16-13-7-8-28(23,24)10-14(13)27-17(16)20-15(21)9-26-12-5-3-11(19)4-6-12/h3-6H,2,7-10H2,1H3,(H,20,21). The van der Waals surface area contributed by atoms with Gasteiger partial charge in [-0.2, -0.15) is 0 Å². The second-order valence-electron chi connectivity index (χ2n) is 6.06. The number of hydrogen-bond acceptors (Lipinski definition) is 7. The van der Waals surface area contributed by atoms with Crippen molar-refractivity contribution in [3.8, 4) is 5.75 Å². The minimum atomic E-state index is -3.23. The summed E-state index contributed by atoms with van der Waals surface area (Å²) in [6, 6.07) is 5.20. The first-order chi connectivity index (χ1) is 13.3. The Labute approximate surface area is 165 Å². The van der Waals surface area contributed by atoms with Crippen molar-refractivity contribution in [3.63, 3.8) is 0 Å². The van der Waals surface area contributed by atoms with E-state index in [0.717, 1.165) is 11.3 Å². The van der Waals surface area contributed by atoms with Crippen LogP contribution in [0.3, 0.4) is 0 Å². The van der Waals surface area contributed by atoms with E-state index in [0.29, 0.717) is 16.2 Å². The summed E-state index contributed by atoms with van der Waals surface area (Å²) in [6.07, 6.45) is 0.199. The lowest BCUT2D eigenvalue weighted by Gasteiger charge is -2.13. The number of carbonyl (C=O) groups is 2. The SMILES string of the molecule is CCOC(=O)c1c(NC(=O)COc2ccc(F)cc2)sc2c1CCS(=O)(=O)C2. The molecule has 0 bridgehead atoms. The molecule has 0 atom stereocenters. The van der Waals surface area contributed by atoms with Crippen molar-refractivity contribution in [2.45, 2.75) is 19.1 Å². The smallest absolute Gasteiger partial charge is 0.341 e. The van der Waals surface area contributed by atoms with E-state index in [1.165, 1.54) is 24.3 Å². The third kappa shape index (κ3) is 4.68. The first-order valence-corrected chi connectivity index (χ1v) is 11.1. The minimum Gasteiger partial charge on any atom is -0.484 e. The highest BCUT2D eigenvalue weighted by molar-refractivity contribution is 7.90. The third-order valence-corrected chi connectivity index (χ3v) is 6.91. The highest BCUT2D eigenvalue weighted by Crippen LogP contribution is 2.38. The number of halogens is 1. The summed E-state index contributed by atoms with van der Waals surface area (Å²) in [6.45, 7) is 1.47. The van der Waals surface area contributed by atoms with E-state index in [-0.39, 0.29) is 41.7 Å². The van der Waals surface area contributed by atoms with Gasteiger partial charge in [-0.15, -0.1) is 11.3 Å². The molecule has 1 aromatic heterocycles. The third-order valence-electron chi connectivity index (χ3n) is 4.02. The summed E-state index contributed by atoms with van der Waals surface area (Å²) in [4.78, 5) is 25.2. The molecule has 10 heteroatoms. The Morgan fingerprint density at radius 2 is 1.96 bits per heavy atom. The molecule has 2 aromatic rings. The van der Waals surface area contributed by atoms with E-state index >= 15 is 0 Å². The number of sulfone groups is 1. The van der Waals surface area contributed by atoms with Crippen molar-refractivity contribution in [2.75, 3.05) is 24.3 Å². The van der Waals surface area contributed by atoms with Gasteiger partial charge in [-0.25, -0.2) is 17.6 Å². The lowest BCUT2D eigenvalue weighted by atomic mass is 10.1. The zero-order chi connectivity index (χ0) is 20.3. The largest absolute Gasteiger partial charge is 0.484 e. The lowest BCUT2D eigenvalue weighted by molar-refractivity contribution is -0.118. The van der Waals surface area contributed by atoms with Crippen LogP contribution in [-0.4, -0.2) is 39.3 Å². The fourth-order valence-electron chi connectivity index (χ4n) is 2.77. The summed E-state index contributed by atoms with van der Waals surface area (Å²) >= 11 is 1.05. The molecule has 0 spiro atoms. The second-order valence-corrected chi connectivity index (χ2v) is 9.35. The summed E-state index contributed by atoms with van der Waals surface area (Å²) in [5.41, 5.74) is 0.805. The van der Waals surface area contributed by atoms with E-state index in [1.807, 2.05) is 0 Å². The Morgan fingerprint density at radius 1 is 1.25 bits per heavy atom. The van der Waals surface area contributed by atoms with Crippen LogP contribution in [0.15, 0.2) is 24.3 Å². The molecule has 1 aromatic carbocycles. The molecule has 1 amide bonds. The molecule has 1 N–H and O–H groups in total. The van der Waals surface area contributed by atoms with Crippen molar-refractivity contribution >= 4 is 38.1 Å². The fourth-order valence-corrected chi connectivity index (χ4v) is 5.83. The summed E-state index contributed by atoms with van der Waals surface area (Å²) in [5.74, 6) is -1.45. The van der Waals surface area contributed by atoms with Crippen LogP contribution < -0.4 is 10.1 Å². The normalized spacial score (nSPS) is 14.8. The molecule has 0 saturated carbocycles. The monoisotopic (exact) mass is 427 g/mol. The molecule has 0 aliphatic carbocycles. The number of fused-ring (bicyclic) bond motifs is 1. The van der Waals surface area contributed by atoms with Gasteiger partial charge in [0.1, 0.15) is 16.6 Å². The molecule has 0 saturated heterocycles. The van der Waals surface area contributed by atoms with Crippen LogP contribution in [0.4, 0.5) is 9.39 Å². The van der Waals surface area contributed by atoms with Crippen molar-refractivity contribution in [1.29, 1.82) is 0 Å². The van der Waals surface area contributed by atoms with Crippen LogP contribution in [-0.2, 0) is 31.5 Å². The highest BCUT2D eigenvalue weighted by atomic mass is 32.2. The van der Waals surface area contributed by atoms with Gasteiger partial charge in [-0.05, 0) is 43.2 Å². The van der Waals surface area contributed by atoms with Gasteiger partial charge in [0.05, 0.1) is 23.7 Å². The first kappa shape index (κ1) is 20.3. The van der Waals surface area contributed by atoms with E-state index in [1.54, 1.807) is 6.92 Å². The number of amides is 1. The van der Waals surface area contributed by atoms with E-state index in [9.17, 15) is 22.4 Å². The molecule has 1 aliphatic rings. The molecule has 3 rings (SSSR count). The van der Waals surface area contributed by atoms with Gasteiger partial charge in [0.2, 0.25) is 0 Å². The number of carbonyl (C=O) groups excluding carboxylic acids is 2. The number of nitrogens with one attached hydrogen (secondary N) is 1. The number of thiophene rings is 1. The zero-order valence-corrected chi connectivity index (χ0v) is 16.6. The van der Waals surface area contributed by atoms with Crippen molar-refractivity contribution in [1.82, 2.24) is 0 Å². The van der Waals surface area contributed by atoms with Crippen LogP contribution >= 0.6 is 11.3 Å². The van der Waals surface area contributed by atoms with Crippen LogP contribution in [0, 0.1) is 5.82 Å². The predicted octanol–water partition coefficient (Wildman–Crippen LogP) is 2.55. The maximum atomic E-state index is 12.9. The Kier molecular flexibility index (Phi) is 5.99. The van der Waals surface area contributed by atoms with Gasteiger partial charge in [0.15, 0.2) is 16.4 Å². The van der Waals surface area contributed by atoms with Gasteiger partial charge in [0.25, 0.3) is 5.91 Å². The quantitative estimate of drug-likeness (QED) is 0.712. The number of rotatable bonds is 6. The molecule has 0 unspecified atom stereocenters. The summed E-state index contributed by atoms with van der Waals surface area (Å²) in [7, 11) is -3.23. The summed E-state index contributed by atoms with van der Waals surface area (Å²) < 4.78 is 47.0. The minimum absolute atomic E-state index is 0.0514. The average molecular weight is 427 g/mol. The molecular formula is C18H18FNO6S2. The summed E-state index contributed by atoms with van der Waals surface area (Å²) in [5, 5.41) is 2.84. The maximum Gasteiger partial charge on any atom is 0.341 e. The van der Waals surface area contributed by atoms with Gasteiger partial charge in [-0.3, -0.25) is 4.79 Å². The molecular weight excluding hydrogens is 409 g/mol. The van der Waals surface area contributed by atoms with Crippen LogP contribution in [0.2, 0.25) is 0 Å². The average Bonchev–Trinajstić information content (AvgIpc) is 2.97. The number of anilines is 1. The van der Waals surface area contributed by atoms with Crippen molar-refractivity contribution in [3.05, 3.63) is 46.1 Å². The topological polar surface area (TPSA) is 98.8 Å². The van der Waals surface area contributed by atoms with Crippen LogP contribution in [0.5, 0.6) is 5.75 Å². The van der Waals surface area contributed by atoms with E-state index < -0.39 is 27.5 Å². The maximum absolute atomic E-state index is 12.9. The number of hydrogen-bond donors (Lipinski definition) is 1. The van der Waals surface area contributed by atoms with Crippen molar-refractivity contribution < 1.29 is 31.9 Å². The Hall–Kier alpha value is -2.46. The second kappa shape index (κ2) is 8.27. The fraction of sp³-hybridized carbons (Fsp3) is 0.333. The van der Waals surface area contributed by atoms with Crippen LogP contribution in [0.1, 0.15) is 27.7 Å². The molecule has 28 heavy (non-hydrogen) atoms. The van der Waals surface area contributed by atoms with Crippen LogP contribution in [0.25, 0.3) is 0 Å². The Morgan fingerprint density at radius 3 is 2.64 bits per heavy atom. The molecule has 2 heterocycles. The molecule has 0 radical (unpaired) electrons. The number of ether oxygens (including phenoxy) is 2. The van der Waals surface area contributed by atoms with Gasteiger partial charge < -0.3 is 14.8 Å². The van der Waals surface area contributed by atoms with E-state index in [2.05, 4.69) is 5.32 Å². The lowest BCUT2D eigenvalue weighted by Crippen LogP contribution is -2.22.